The summed E-state index contributed by atoms with van der Waals surface area (Å²) in [5, 5.41) is 2.11. The molecule has 0 fully saturated rings. The molecule has 0 aromatic carbocycles. The van der Waals surface area contributed by atoms with Gasteiger partial charge >= 0.3 is 0 Å². The van der Waals surface area contributed by atoms with Crippen molar-refractivity contribution in [1.29, 1.82) is 0 Å². The van der Waals surface area contributed by atoms with Crippen molar-refractivity contribution in [1.82, 2.24) is 14.9 Å². The van der Waals surface area contributed by atoms with E-state index in [9.17, 15) is 0 Å². The second-order valence-electron chi connectivity index (χ2n) is 3.80. The number of imidazole rings is 1. The fraction of sp³-hybridized carbons (Fsp3) is 0.545. The van der Waals surface area contributed by atoms with Crippen LogP contribution in [0.5, 0.6) is 0 Å². The molecule has 5 nitrogen and oxygen atoms in total. The van der Waals surface area contributed by atoms with Crippen LogP contribution in [0.25, 0.3) is 4.96 Å². The third-order valence-electron chi connectivity index (χ3n) is 2.56. The smallest absolute Gasteiger partial charge is 0.194 e. The molecule has 0 aliphatic heterocycles. The molecule has 2 aromatic rings. The second kappa shape index (κ2) is 5.59. The number of aryl methyl sites for hydroxylation is 2. The number of aromatic nitrogens is 2. The van der Waals surface area contributed by atoms with Crippen molar-refractivity contribution < 1.29 is 9.57 Å². The van der Waals surface area contributed by atoms with E-state index in [4.69, 9.17) is 9.57 Å². The minimum absolute atomic E-state index is 0.542. The molecule has 0 amide bonds. The number of hydrogen-bond donors (Lipinski definition) is 1. The molecule has 0 unspecified atom stereocenters. The number of nitrogens with one attached hydrogen (secondary N) is 1. The molecule has 0 aliphatic rings. The Morgan fingerprint density at radius 3 is 3.00 bits per heavy atom. The Morgan fingerprint density at radius 2 is 2.24 bits per heavy atom. The number of ether oxygens (including phenoxy) is 1. The number of hydrogen-bond acceptors (Lipinski definition) is 5. The predicted molar refractivity (Wildman–Crippen MR) is 67.2 cm³/mol. The summed E-state index contributed by atoms with van der Waals surface area (Å²) in [5.74, 6) is 0. The summed E-state index contributed by atoms with van der Waals surface area (Å²) >= 11 is 1.66. The highest BCUT2D eigenvalue weighted by Gasteiger charge is 2.11. The number of fused-ring (bicyclic) bond motifs is 1. The molecule has 0 bridgehead atoms. The van der Waals surface area contributed by atoms with E-state index >= 15 is 0 Å². The molecule has 0 radical (unpaired) electrons. The Bertz CT molecular complexity index is 492. The Hall–Kier alpha value is -0.950. The van der Waals surface area contributed by atoms with Crippen LogP contribution in [0.4, 0.5) is 0 Å². The van der Waals surface area contributed by atoms with Crippen molar-refractivity contribution in [3.63, 3.8) is 0 Å². The van der Waals surface area contributed by atoms with Gasteiger partial charge in [-0.3, -0.25) is 9.24 Å². The van der Waals surface area contributed by atoms with E-state index in [1.165, 1.54) is 5.69 Å². The third-order valence-corrected chi connectivity index (χ3v) is 3.50. The summed E-state index contributed by atoms with van der Waals surface area (Å²) in [7, 11) is 1.66. The first kappa shape index (κ1) is 12.5. The molecular formula is C11H17N3O2S. The van der Waals surface area contributed by atoms with Gasteiger partial charge in [-0.2, -0.15) is 5.48 Å². The van der Waals surface area contributed by atoms with Gasteiger partial charge in [0.2, 0.25) is 0 Å². The summed E-state index contributed by atoms with van der Waals surface area (Å²) in [6.07, 6.45) is 0. The third kappa shape index (κ3) is 2.66. The molecule has 2 heterocycles. The number of thiazole rings is 1. The van der Waals surface area contributed by atoms with Crippen LogP contribution in [-0.2, 0) is 16.1 Å². The summed E-state index contributed by atoms with van der Waals surface area (Å²) in [6, 6.07) is 0. The molecule has 6 heteroatoms. The zero-order valence-electron chi connectivity index (χ0n) is 10.3. The van der Waals surface area contributed by atoms with Crippen molar-refractivity contribution >= 4 is 16.3 Å². The number of hydroxylamine groups is 1. The fourth-order valence-electron chi connectivity index (χ4n) is 1.69. The van der Waals surface area contributed by atoms with Gasteiger partial charge in [0, 0.05) is 18.2 Å². The average Bonchev–Trinajstić information content (AvgIpc) is 2.80. The average molecular weight is 255 g/mol. The molecule has 94 valence electrons. The van der Waals surface area contributed by atoms with Crippen molar-refractivity contribution in [2.45, 2.75) is 20.4 Å². The fourth-order valence-corrected chi connectivity index (χ4v) is 2.62. The largest absolute Gasteiger partial charge is 0.382 e. The summed E-state index contributed by atoms with van der Waals surface area (Å²) in [4.78, 5) is 10.8. The van der Waals surface area contributed by atoms with Crippen LogP contribution in [0.15, 0.2) is 5.38 Å². The Morgan fingerprint density at radius 1 is 1.41 bits per heavy atom. The topological polar surface area (TPSA) is 47.8 Å². The van der Waals surface area contributed by atoms with Gasteiger partial charge < -0.3 is 4.74 Å². The minimum Gasteiger partial charge on any atom is -0.382 e. The first-order valence-corrected chi connectivity index (χ1v) is 6.37. The van der Waals surface area contributed by atoms with E-state index in [2.05, 4.69) is 27.2 Å². The van der Waals surface area contributed by atoms with Gasteiger partial charge in [-0.05, 0) is 13.8 Å². The van der Waals surface area contributed by atoms with Crippen LogP contribution < -0.4 is 5.48 Å². The minimum atomic E-state index is 0.542. The van der Waals surface area contributed by atoms with Crippen LogP contribution >= 0.6 is 11.3 Å². The standard InChI is InChI=1S/C11H17N3O2S/c1-8-7-17-11-13-9(2)10(14(8)11)6-12-16-5-4-15-3/h7,12H,4-6H2,1-3H3. The van der Waals surface area contributed by atoms with E-state index in [-0.39, 0.29) is 0 Å². The molecule has 0 saturated heterocycles. The van der Waals surface area contributed by atoms with E-state index in [1.807, 2.05) is 6.92 Å². The molecule has 0 spiro atoms. The van der Waals surface area contributed by atoms with Gasteiger partial charge in [0.1, 0.15) is 0 Å². The van der Waals surface area contributed by atoms with E-state index in [0.29, 0.717) is 19.8 Å². The van der Waals surface area contributed by atoms with Gasteiger partial charge in [-0.25, -0.2) is 4.98 Å². The molecule has 0 atom stereocenters. The lowest BCUT2D eigenvalue weighted by molar-refractivity contribution is 0.00281. The molecule has 1 N–H and O–H groups in total. The van der Waals surface area contributed by atoms with Crippen molar-refractivity contribution in [3.8, 4) is 0 Å². The highest BCUT2D eigenvalue weighted by Crippen LogP contribution is 2.20. The number of rotatable bonds is 6. The van der Waals surface area contributed by atoms with Crippen LogP contribution in [0, 0.1) is 13.8 Å². The first-order chi connectivity index (χ1) is 8.24. The second-order valence-corrected chi connectivity index (χ2v) is 4.64. The maximum absolute atomic E-state index is 5.26. The van der Waals surface area contributed by atoms with Crippen LogP contribution in [0.1, 0.15) is 17.1 Å². The molecule has 17 heavy (non-hydrogen) atoms. The molecule has 0 aliphatic carbocycles. The number of methoxy groups -OCH3 is 1. The van der Waals surface area contributed by atoms with Crippen molar-refractivity contribution in [2.75, 3.05) is 20.3 Å². The SMILES string of the molecule is COCCONCc1c(C)nc2scc(C)n12. The summed E-state index contributed by atoms with van der Waals surface area (Å²) in [6.45, 7) is 5.88. The molecule has 2 rings (SSSR count). The molecule has 0 saturated carbocycles. The first-order valence-electron chi connectivity index (χ1n) is 5.49. The van der Waals surface area contributed by atoms with Gasteiger partial charge in [0.05, 0.1) is 31.1 Å². The monoisotopic (exact) mass is 255 g/mol. The van der Waals surface area contributed by atoms with Crippen LogP contribution in [0.2, 0.25) is 0 Å². The van der Waals surface area contributed by atoms with Crippen LogP contribution in [0.3, 0.4) is 0 Å². The summed E-state index contributed by atoms with van der Waals surface area (Å²) < 4.78 is 7.06. The van der Waals surface area contributed by atoms with E-state index < -0.39 is 0 Å². The zero-order valence-corrected chi connectivity index (χ0v) is 11.1. The van der Waals surface area contributed by atoms with Crippen molar-refractivity contribution in [2.24, 2.45) is 0 Å². The normalized spacial score (nSPS) is 11.5. The van der Waals surface area contributed by atoms with Gasteiger partial charge in [-0.1, -0.05) is 0 Å². The highest BCUT2D eigenvalue weighted by molar-refractivity contribution is 7.15. The van der Waals surface area contributed by atoms with E-state index in [1.54, 1.807) is 18.4 Å². The number of nitrogens with zero attached hydrogens (tertiary/aromatic N) is 2. The van der Waals surface area contributed by atoms with Crippen molar-refractivity contribution in [3.05, 3.63) is 22.5 Å². The van der Waals surface area contributed by atoms with Crippen LogP contribution in [-0.4, -0.2) is 29.7 Å². The molecule has 2 aromatic heterocycles. The maximum atomic E-state index is 5.26. The Labute approximate surface area is 104 Å². The lowest BCUT2D eigenvalue weighted by Crippen LogP contribution is -2.18. The zero-order chi connectivity index (χ0) is 12.3. The van der Waals surface area contributed by atoms with Gasteiger partial charge in [-0.15, -0.1) is 11.3 Å². The molecular weight excluding hydrogens is 238 g/mol. The lowest BCUT2D eigenvalue weighted by Gasteiger charge is -2.06. The van der Waals surface area contributed by atoms with E-state index in [0.717, 1.165) is 16.3 Å². The van der Waals surface area contributed by atoms with Gasteiger partial charge in [0.15, 0.2) is 4.96 Å². The Balaban J connectivity index is 2.02. The predicted octanol–water partition coefficient (Wildman–Crippen LogP) is 1.68. The summed E-state index contributed by atoms with van der Waals surface area (Å²) in [5.41, 5.74) is 6.34. The van der Waals surface area contributed by atoms with Gasteiger partial charge in [0.25, 0.3) is 0 Å². The maximum Gasteiger partial charge on any atom is 0.194 e. The highest BCUT2D eigenvalue weighted by atomic mass is 32.1. The quantitative estimate of drug-likeness (QED) is 0.630. The Kier molecular flexibility index (Phi) is 4.11. The lowest BCUT2D eigenvalue weighted by atomic mass is 10.3.